The van der Waals surface area contributed by atoms with E-state index in [-0.39, 0.29) is 17.7 Å². The average molecular weight is 569 g/mol. The number of pyridine rings is 1. The quantitative estimate of drug-likeness (QED) is 0.474. The average Bonchev–Trinajstić information content (AvgIpc) is 3.05. The normalized spacial score (nSPS) is 17.6. The fourth-order valence-corrected chi connectivity index (χ4v) is 6.49. The molecule has 37 heavy (non-hydrogen) atoms. The molecule has 202 valence electrons. The van der Waals surface area contributed by atoms with Crippen LogP contribution in [0.1, 0.15) is 48.5 Å². The zero-order chi connectivity index (χ0) is 26.6. The Bertz CT molecular complexity index is 1220. The molecule has 1 N–H and O–H groups in total. The van der Waals surface area contributed by atoms with Gasteiger partial charge in [-0.25, -0.2) is 17.7 Å². The van der Waals surface area contributed by atoms with Gasteiger partial charge in [0, 0.05) is 49.2 Å². The Labute approximate surface area is 230 Å². The fourth-order valence-electron chi connectivity index (χ4n) is 5.12. The van der Waals surface area contributed by atoms with Crippen LogP contribution in [-0.4, -0.2) is 85.0 Å². The maximum atomic E-state index is 13.4. The van der Waals surface area contributed by atoms with Crippen molar-refractivity contribution in [2.24, 2.45) is 0 Å². The lowest BCUT2D eigenvalue weighted by molar-refractivity contribution is 0.0749. The molecule has 2 aromatic rings. The smallest absolute Gasteiger partial charge is 0.254 e. The first-order valence-electron chi connectivity index (χ1n) is 12.9. The van der Waals surface area contributed by atoms with Gasteiger partial charge < -0.3 is 15.1 Å². The molecule has 11 heteroatoms. The van der Waals surface area contributed by atoms with Crippen molar-refractivity contribution in [3.8, 4) is 0 Å². The van der Waals surface area contributed by atoms with Crippen molar-refractivity contribution in [1.82, 2.24) is 19.1 Å². The van der Waals surface area contributed by atoms with Crippen LogP contribution in [0, 0.1) is 0 Å². The van der Waals surface area contributed by atoms with Crippen LogP contribution in [0.3, 0.4) is 0 Å². The zero-order valence-corrected chi connectivity index (χ0v) is 23.7. The second-order valence-corrected chi connectivity index (χ2v) is 12.8. The van der Waals surface area contributed by atoms with Crippen LogP contribution in [0.25, 0.3) is 0 Å². The molecule has 1 aromatic carbocycles. The second-order valence-electron chi connectivity index (χ2n) is 9.68. The number of sulfonamides is 1. The molecule has 4 rings (SSSR count). The molecule has 2 aliphatic rings. The molecule has 0 unspecified atom stereocenters. The topological polar surface area (TPSA) is 85.8 Å². The third kappa shape index (κ3) is 6.75. The molecule has 0 atom stereocenters. The van der Waals surface area contributed by atoms with Crippen molar-refractivity contribution in [2.75, 3.05) is 50.8 Å². The standard InChI is InChI=1S/C26H35Cl2N5O3S/c1-3-37(35,36)31(2)20-10-16-32(17-11-20)13-5-15-33-14-4-6-21-22(26(33)34)9-12-29-25(21)30-19-7-8-23(27)24(28)18-19/h7-9,12,18,20H,3-6,10-11,13-17H2,1-2H3,(H,29,30). The van der Waals surface area contributed by atoms with E-state index in [2.05, 4.69) is 15.2 Å². The minimum absolute atomic E-state index is 0.0391. The van der Waals surface area contributed by atoms with E-state index in [1.807, 2.05) is 17.0 Å². The van der Waals surface area contributed by atoms with Gasteiger partial charge in [-0.1, -0.05) is 23.2 Å². The van der Waals surface area contributed by atoms with Crippen molar-refractivity contribution in [3.63, 3.8) is 0 Å². The van der Waals surface area contributed by atoms with Gasteiger partial charge >= 0.3 is 0 Å². The molecule has 1 saturated heterocycles. The lowest BCUT2D eigenvalue weighted by Crippen LogP contribution is -2.46. The summed E-state index contributed by atoms with van der Waals surface area (Å²) in [4.78, 5) is 22.2. The molecule has 1 fully saturated rings. The highest BCUT2D eigenvalue weighted by Gasteiger charge is 2.29. The minimum Gasteiger partial charge on any atom is -0.340 e. The van der Waals surface area contributed by atoms with Crippen LogP contribution in [-0.2, 0) is 16.4 Å². The Morgan fingerprint density at radius 1 is 1.11 bits per heavy atom. The molecule has 2 aliphatic heterocycles. The van der Waals surface area contributed by atoms with E-state index < -0.39 is 10.0 Å². The van der Waals surface area contributed by atoms with Gasteiger partial charge in [-0.3, -0.25) is 4.79 Å². The van der Waals surface area contributed by atoms with E-state index in [9.17, 15) is 13.2 Å². The lowest BCUT2D eigenvalue weighted by atomic mass is 10.0. The number of carbonyl (C=O) groups excluding carboxylic acids is 1. The molecule has 1 aromatic heterocycles. The highest BCUT2D eigenvalue weighted by atomic mass is 35.5. The first kappa shape index (κ1) is 28.1. The van der Waals surface area contributed by atoms with Crippen molar-refractivity contribution >= 4 is 50.6 Å². The van der Waals surface area contributed by atoms with Gasteiger partial charge in [-0.15, -0.1) is 0 Å². The van der Waals surface area contributed by atoms with Crippen molar-refractivity contribution < 1.29 is 13.2 Å². The maximum Gasteiger partial charge on any atom is 0.254 e. The first-order valence-corrected chi connectivity index (χ1v) is 15.2. The molecule has 0 saturated carbocycles. The molecular weight excluding hydrogens is 533 g/mol. The number of halogens is 2. The fraction of sp³-hybridized carbons (Fsp3) is 0.538. The number of carbonyl (C=O) groups is 1. The van der Waals surface area contributed by atoms with Crippen LogP contribution in [0.2, 0.25) is 10.0 Å². The van der Waals surface area contributed by atoms with Gasteiger partial charge in [0.05, 0.1) is 15.8 Å². The van der Waals surface area contributed by atoms with E-state index in [0.29, 0.717) is 34.5 Å². The molecular formula is C26H35Cl2N5O3S. The number of hydrogen-bond donors (Lipinski definition) is 1. The lowest BCUT2D eigenvalue weighted by Gasteiger charge is -2.36. The Kier molecular flexibility index (Phi) is 9.34. The number of hydrogen-bond acceptors (Lipinski definition) is 6. The van der Waals surface area contributed by atoms with Crippen molar-refractivity contribution in [2.45, 2.75) is 45.1 Å². The summed E-state index contributed by atoms with van der Waals surface area (Å²) in [6, 6.07) is 7.20. The summed E-state index contributed by atoms with van der Waals surface area (Å²) in [5.74, 6) is 0.848. The number of rotatable bonds is 9. The number of likely N-dealkylation sites (tertiary alicyclic amines) is 1. The Hall–Kier alpha value is -1.91. The van der Waals surface area contributed by atoms with Crippen LogP contribution < -0.4 is 5.32 Å². The number of piperidine rings is 1. The Balaban J connectivity index is 1.32. The maximum absolute atomic E-state index is 13.4. The molecule has 1 amide bonds. The Morgan fingerprint density at radius 3 is 2.57 bits per heavy atom. The van der Waals surface area contributed by atoms with Crippen LogP contribution >= 0.6 is 23.2 Å². The first-order chi connectivity index (χ1) is 17.7. The predicted molar refractivity (Wildman–Crippen MR) is 150 cm³/mol. The molecule has 0 bridgehead atoms. The van der Waals surface area contributed by atoms with Gasteiger partial charge in [0.1, 0.15) is 5.82 Å². The summed E-state index contributed by atoms with van der Waals surface area (Å²) in [6.45, 7) is 5.74. The molecule has 0 radical (unpaired) electrons. The number of nitrogens with one attached hydrogen (secondary N) is 1. The largest absolute Gasteiger partial charge is 0.340 e. The molecule has 3 heterocycles. The second kappa shape index (κ2) is 12.3. The summed E-state index contributed by atoms with van der Waals surface area (Å²) in [5, 5.41) is 4.24. The zero-order valence-electron chi connectivity index (χ0n) is 21.4. The van der Waals surface area contributed by atoms with Gasteiger partial charge in [-0.2, -0.15) is 0 Å². The summed E-state index contributed by atoms with van der Waals surface area (Å²) in [7, 11) is -1.46. The monoisotopic (exact) mass is 567 g/mol. The SMILES string of the molecule is CCS(=O)(=O)N(C)C1CCN(CCCN2CCCc3c(ccnc3Nc3ccc(Cl)c(Cl)c3)C2=O)CC1. The number of fused-ring (bicyclic) bond motifs is 1. The number of anilines is 2. The summed E-state index contributed by atoms with van der Waals surface area (Å²) >= 11 is 12.2. The van der Waals surface area contributed by atoms with Crippen LogP contribution in [0.4, 0.5) is 11.5 Å². The molecule has 0 spiro atoms. The van der Waals surface area contributed by atoms with Crippen LogP contribution in [0.15, 0.2) is 30.5 Å². The summed E-state index contributed by atoms with van der Waals surface area (Å²) < 4.78 is 25.9. The number of aromatic nitrogens is 1. The number of benzene rings is 1. The van der Waals surface area contributed by atoms with E-state index in [1.54, 1.807) is 36.6 Å². The van der Waals surface area contributed by atoms with E-state index in [1.165, 1.54) is 0 Å². The van der Waals surface area contributed by atoms with Gasteiger partial charge in [0.2, 0.25) is 10.0 Å². The van der Waals surface area contributed by atoms with Crippen molar-refractivity contribution in [1.29, 1.82) is 0 Å². The minimum atomic E-state index is -3.15. The predicted octanol–water partition coefficient (Wildman–Crippen LogP) is 4.66. The van der Waals surface area contributed by atoms with E-state index in [4.69, 9.17) is 23.2 Å². The molecule has 0 aliphatic carbocycles. The van der Waals surface area contributed by atoms with E-state index in [0.717, 1.165) is 63.0 Å². The van der Waals surface area contributed by atoms with Gasteiger partial charge in [0.15, 0.2) is 0 Å². The highest BCUT2D eigenvalue weighted by molar-refractivity contribution is 7.89. The molecule has 8 nitrogen and oxygen atoms in total. The van der Waals surface area contributed by atoms with Gasteiger partial charge in [-0.05, 0) is 82.9 Å². The Morgan fingerprint density at radius 2 is 1.86 bits per heavy atom. The third-order valence-corrected chi connectivity index (χ3v) is 10.0. The number of nitrogens with zero attached hydrogens (tertiary/aromatic N) is 4. The summed E-state index contributed by atoms with van der Waals surface area (Å²) in [5.41, 5.74) is 2.39. The van der Waals surface area contributed by atoms with E-state index >= 15 is 0 Å². The highest BCUT2D eigenvalue weighted by Crippen LogP contribution is 2.30. The third-order valence-electron chi connectivity index (χ3n) is 7.39. The van der Waals surface area contributed by atoms with Gasteiger partial charge in [0.25, 0.3) is 5.91 Å². The summed E-state index contributed by atoms with van der Waals surface area (Å²) in [6.07, 6.45) is 5.86. The van der Waals surface area contributed by atoms with Crippen LogP contribution in [0.5, 0.6) is 0 Å². The van der Waals surface area contributed by atoms with Crippen molar-refractivity contribution in [3.05, 3.63) is 51.6 Å². The number of amides is 1.